The summed E-state index contributed by atoms with van der Waals surface area (Å²) in [6.45, 7) is 2.55. The van der Waals surface area contributed by atoms with E-state index < -0.39 is 23.2 Å². The lowest BCUT2D eigenvalue weighted by atomic mass is 10.1. The number of halogens is 3. The molecule has 0 spiro atoms. The molecule has 1 N–H and O–H groups in total. The van der Waals surface area contributed by atoms with Crippen molar-refractivity contribution >= 4 is 17.5 Å². The average Bonchev–Trinajstić information content (AvgIpc) is 3.20. The van der Waals surface area contributed by atoms with E-state index in [1.807, 2.05) is 37.3 Å². The molecule has 1 aliphatic heterocycles. The second-order valence-corrected chi connectivity index (χ2v) is 7.76. The summed E-state index contributed by atoms with van der Waals surface area (Å²) in [4.78, 5) is 27.1. The number of fused-ring (bicyclic) bond motifs is 1. The summed E-state index contributed by atoms with van der Waals surface area (Å²) >= 11 is 0. The molecule has 2 amide bonds. The maximum atomic E-state index is 13.2. The Bertz CT molecular complexity index is 1170. The normalized spacial score (nSPS) is 13.1. The maximum absolute atomic E-state index is 13.2. The molecular formula is C25H21F3N2O2. The third kappa shape index (κ3) is 4.37. The van der Waals surface area contributed by atoms with E-state index in [1.54, 1.807) is 17.0 Å². The highest BCUT2D eigenvalue weighted by molar-refractivity contribution is 6.07. The molecule has 4 nitrogen and oxygen atoms in total. The van der Waals surface area contributed by atoms with Crippen LogP contribution in [0.5, 0.6) is 0 Å². The third-order valence-electron chi connectivity index (χ3n) is 5.52. The van der Waals surface area contributed by atoms with Crippen LogP contribution in [0.25, 0.3) is 0 Å². The fourth-order valence-corrected chi connectivity index (χ4v) is 3.80. The van der Waals surface area contributed by atoms with Gasteiger partial charge in [0.2, 0.25) is 0 Å². The molecule has 32 heavy (non-hydrogen) atoms. The number of nitrogens with zero attached hydrogens (tertiary/aromatic N) is 1. The highest BCUT2D eigenvalue weighted by atomic mass is 19.4. The second kappa shape index (κ2) is 8.49. The number of alkyl halides is 3. The quantitative estimate of drug-likeness (QED) is 0.613. The van der Waals surface area contributed by atoms with Crippen molar-refractivity contribution < 1.29 is 22.8 Å². The minimum absolute atomic E-state index is 0.0465. The van der Waals surface area contributed by atoms with Crippen molar-refractivity contribution in [3.8, 4) is 0 Å². The topological polar surface area (TPSA) is 49.4 Å². The molecule has 0 saturated heterocycles. The minimum Gasteiger partial charge on any atom is -0.348 e. The van der Waals surface area contributed by atoms with Gasteiger partial charge in [0.15, 0.2) is 0 Å². The number of rotatable bonds is 4. The van der Waals surface area contributed by atoms with Crippen LogP contribution in [-0.4, -0.2) is 18.4 Å². The van der Waals surface area contributed by atoms with Crippen molar-refractivity contribution in [3.63, 3.8) is 0 Å². The number of nitrogens with one attached hydrogen (secondary N) is 1. The van der Waals surface area contributed by atoms with Crippen molar-refractivity contribution in [2.75, 3.05) is 11.4 Å². The average molecular weight is 438 g/mol. The zero-order chi connectivity index (χ0) is 22.9. The van der Waals surface area contributed by atoms with Crippen LogP contribution in [0.2, 0.25) is 0 Å². The third-order valence-corrected chi connectivity index (χ3v) is 5.52. The number of amides is 2. The molecule has 3 aromatic carbocycles. The van der Waals surface area contributed by atoms with Crippen molar-refractivity contribution in [2.45, 2.75) is 26.1 Å². The zero-order valence-electron chi connectivity index (χ0n) is 17.4. The lowest BCUT2D eigenvalue weighted by molar-refractivity contribution is -0.137. The summed E-state index contributed by atoms with van der Waals surface area (Å²) in [5.74, 6) is -0.907. The van der Waals surface area contributed by atoms with Gasteiger partial charge in [0, 0.05) is 24.3 Å². The van der Waals surface area contributed by atoms with E-state index in [0.717, 1.165) is 35.4 Å². The molecule has 0 saturated carbocycles. The number of hydrogen-bond acceptors (Lipinski definition) is 2. The van der Waals surface area contributed by atoms with Crippen LogP contribution >= 0.6 is 0 Å². The summed E-state index contributed by atoms with van der Waals surface area (Å²) in [5.41, 5.74) is 2.74. The molecule has 3 aromatic rings. The molecule has 0 fully saturated rings. The van der Waals surface area contributed by atoms with E-state index in [9.17, 15) is 22.8 Å². The van der Waals surface area contributed by atoms with Crippen molar-refractivity contribution in [1.29, 1.82) is 0 Å². The fourth-order valence-electron chi connectivity index (χ4n) is 3.80. The minimum atomic E-state index is -4.61. The number of benzene rings is 3. The molecule has 0 aliphatic carbocycles. The van der Waals surface area contributed by atoms with Gasteiger partial charge in [0.25, 0.3) is 11.8 Å². The van der Waals surface area contributed by atoms with Crippen LogP contribution in [0.3, 0.4) is 0 Å². The van der Waals surface area contributed by atoms with Gasteiger partial charge in [-0.15, -0.1) is 0 Å². The Morgan fingerprint density at radius 3 is 2.44 bits per heavy atom. The van der Waals surface area contributed by atoms with E-state index in [0.29, 0.717) is 17.7 Å². The first-order valence-corrected chi connectivity index (χ1v) is 10.2. The predicted octanol–water partition coefficient (Wildman–Crippen LogP) is 5.15. The number of aryl methyl sites for hydroxylation is 1. The molecule has 1 aliphatic rings. The number of carbonyl (C=O) groups excluding carboxylic acids is 2. The van der Waals surface area contributed by atoms with Crippen LogP contribution in [-0.2, 0) is 19.1 Å². The van der Waals surface area contributed by atoms with Crippen LogP contribution in [0, 0.1) is 6.92 Å². The molecule has 0 aromatic heterocycles. The molecule has 0 unspecified atom stereocenters. The molecule has 164 valence electrons. The predicted molar refractivity (Wildman–Crippen MR) is 116 cm³/mol. The van der Waals surface area contributed by atoms with Gasteiger partial charge in [-0.2, -0.15) is 13.2 Å². The maximum Gasteiger partial charge on any atom is 0.417 e. The van der Waals surface area contributed by atoms with Gasteiger partial charge in [0.05, 0.1) is 11.1 Å². The molecule has 0 bridgehead atoms. The zero-order valence-corrected chi connectivity index (χ0v) is 17.4. The Kier molecular flexibility index (Phi) is 5.74. The first kappa shape index (κ1) is 21.6. The lowest BCUT2D eigenvalue weighted by Crippen LogP contribution is -2.29. The van der Waals surface area contributed by atoms with Crippen LogP contribution in [0.4, 0.5) is 18.9 Å². The number of carbonyl (C=O) groups is 2. The van der Waals surface area contributed by atoms with Crippen molar-refractivity contribution in [2.24, 2.45) is 0 Å². The molecule has 7 heteroatoms. The molecule has 0 atom stereocenters. The standard InChI is InChI=1S/C25H21F3N2O2/c1-16-6-9-19(10-7-16)24(32)30-13-12-18-11-8-17(14-22(18)30)15-29-23(31)20-4-2-3-5-21(20)25(26,27)28/h2-11,14H,12-13,15H2,1H3,(H,29,31). The first-order chi connectivity index (χ1) is 15.2. The first-order valence-electron chi connectivity index (χ1n) is 10.2. The second-order valence-electron chi connectivity index (χ2n) is 7.76. The van der Waals surface area contributed by atoms with Crippen molar-refractivity contribution in [1.82, 2.24) is 5.32 Å². The lowest BCUT2D eigenvalue weighted by Gasteiger charge is -2.18. The Balaban J connectivity index is 1.51. The van der Waals surface area contributed by atoms with Gasteiger partial charge in [-0.1, -0.05) is 42.0 Å². The van der Waals surface area contributed by atoms with E-state index in [-0.39, 0.29) is 12.5 Å². The molecule has 4 rings (SSSR count). The fraction of sp³-hybridized carbons (Fsp3) is 0.200. The summed E-state index contributed by atoms with van der Waals surface area (Å²) < 4.78 is 39.6. The number of hydrogen-bond donors (Lipinski definition) is 1. The van der Waals surface area contributed by atoms with Crippen LogP contribution < -0.4 is 10.2 Å². The Morgan fingerprint density at radius 1 is 1.00 bits per heavy atom. The van der Waals surface area contributed by atoms with E-state index >= 15 is 0 Å². The Hall–Kier alpha value is -3.61. The van der Waals surface area contributed by atoms with Gasteiger partial charge >= 0.3 is 6.18 Å². The van der Waals surface area contributed by atoms with Crippen LogP contribution in [0.1, 0.15) is 43.0 Å². The SMILES string of the molecule is Cc1ccc(C(=O)N2CCc3ccc(CNC(=O)c4ccccc4C(F)(F)F)cc32)cc1. The summed E-state index contributed by atoms with van der Waals surface area (Å²) in [5, 5.41) is 2.56. The highest BCUT2D eigenvalue weighted by Gasteiger charge is 2.34. The van der Waals surface area contributed by atoms with Crippen LogP contribution in [0.15, 0.2) is 66.7 Å². The number of anilines is 1. The smallest absolute Gasteiger partial charge is 0.348 e. The monoisotopic (exact) mass is 438 g/mol. The summed E-state index contributed by atoms with van der Waals surface area (Å²) in [6.07, 6.45) is -3.89. The van der Waals surface area contributed by atoms with Crippen molar-refractivity contribution in [3.05, 3.63) is 100 Å². The van der Waals surface area contributed by atoms with E-state index in [2.05, 4.69) is 5.32 Å². The highest BCUT2D eigenvalue weighted by Crippen LogP contribution is 2.32. The largest absolute Gasteiger partial charge is 0.417 e. The van der Waals surface area contributed by atoms with Gasteiger partial charge < -0.3 is 10.2 Å². The van der Waals surface area contributed by atoms with E-state index in [4.69, 9.17) is 0 Å². The van der Waals surface area contributed by atoms with Gasteiger partial charge in [-0.05, 0) is 54.8 Å². The Labute approximate surface area is 183 Å². The molecular weight excluding hydrogens is 417 g/mol. The summed E-state index contributed by atoms with van der Waals surface area (Å²) in [6, 6.07) is 17.6. The van der Waals surface area contributed by atoms with Gasteiger partial charge in [-0.25, -0.2) is 0 Å². The van der Waals surface area contributed by atoms with Gasteiger partial charge in [-0.3, -0.25) is 9.59 Å². The molecule has 1 heterocycles. The van der Waals surface area contributed by atoms with E-state index in [1.165, 1.54) is 12.1 Å². The molecule has 0 radical (unpaired) electrons. The Morgan fingerprint density at radius 2 is 1.72 bits per heavy atom. The summed E-state index contributed by atoms with van der Waals surface area (Å²) in [7, 11) is 0. The van der Waals surface area contributed by atoms with Gasteiger partial charge in [0.1, 0.15) is 0 Å².